The van der Waals surface area contributed by atoms with E-state index in [1.54, 1.807) is 11.9 Å². The van der Waals surface area contributed by atoms with Crippen molar-refractivity contribution in [2.24, 2.45) is 0 Å². The molecule has 1 amide bonds. The molecule has 0 fully saturated rings. The second-order valence-corrected chi connectivity index (χ2v) is 3.99. The van der Waals surface area contributed by atoms with Crippen LogP contribution in [0.3, 0.4) is 0 Å². The number of hydrogen-bond acceptors (Lipinski definition) is 5. The van der Waals surface area contributed by atoms with Gasteiger partial charge in [0.15, 0.2) is 11.0 Å². The molecule has 8 heteroatoms. The number of likely N-dealkylation sites (N-methyl/N-ethyl adjacent to an activating group) is 1. The van der Waals surface area contributed by atoms with Gasteiger partial charge in [0, 0.05) is 13.6 Å². The molecule has 0 unspecified atom stereocenters. The number of anilines is 1. The molecule has 94 valence electrons. The Kier molecular flexibility index (Phi) is 5.37. The Bertz CT molecular complexity index is 401. The lowest BCUT2D eigenvalue weighted by Gasteiger charge is -2.22. The van der Waals surface area contributed by atoms with Gasteiger partial charge in [-0.25, -0.2) is 0 Å². The fourth-order valence-corrected chi connectivity index (χ4v) is 1.59. The van der Waals surface area contributed by atoms with E-state index < -0.39 is 0 Å². The van der Waals surface area contributed by atoms with Crippen LogP contribution in [0.15, 0.2) is 0 Å². The predicted octanol–water partition coefficient (Wildman–Crippen LogP) is 1.14. The van der Waals surface area contributed by atoms with Crippen LogP contribution in [0.4, 0.5) is 5.82 Å². The van der Waals surface area contributed by atoms with Crippen molar-refractivity contribution < 1.29 is 4.79 Å². The minimum Gasteiger partial charge on any atom is -0.358 e. The van der Waals surface area contributed by atoms with E-state index in [9.17, 15) is 4.79 Å². The van der Waals surface area contributed by atoms with Crippen molar-refractivity contribution in [1.82, 2.24) is 20.5 Å². The van der Waals surface area contributed by atoms with Gasteiger partial charge in [-0.2, -0.15) is 4.98 Å². The van der Waals surface area contributed by atoms with E-state index in [2.05, 4.69) is 20.5 Å². The zero-order valence-corrected chi connectivity index (χ0v) is 11.1. The summed E-state index contributed by atoms with van der Waals surface area (Å²) in [5, 5.41) is 9.86. The SMILES string of the molecule is CCCN(CC(=O)NC)c1nc(Cl)nnc1Cl. The molecule has 0 aliphatic heterocycles. The third kappa shape index (κ3) is 3.98. The fourth-order valence-electron chi connectivity index (χ4n) is 1.27. The number of carbonyl (C=O) groups excluding carboxylic acids is 1. The zero-order valence-electron chi connectivity index (χ0n) is 9.57. The molecular weight excluding hydrogens is 265 g/mol. The molecule has 0 aliphatic rings. The van der Waals surface area contributed by atoms with E-state index in [0.717, 1.165) is 6.42 Å². The Morgan fingerprint density at radius 1 is 1.41 bits per heavy atom. The summed E-state index contributed by atoms with van der Waals surface area (Å²) >= 11 is 11.5. The van der Waals surface area contributed by atoms with Crippen LogP contribution in [0, 0.1) is 0 Å². The van der Waals surface area contributed by atoms with Crippen LogP contribution in [0.5, 0.6) is 0 Å². The maximum Gasteiger partial charge on any atom is 0.245 e. The maximum absolute atomic E-state index is 11.4. The molecule has 0 radical (unpaired) electrons. The molecule has 17 heavy (non-hydrogen) atoms. The highest BCUT2D eigenvalue weighted by Crippen LogP contribution is 2.21. The number of rotatable bonds is 5. The number of aromatic nitrogens is 3. The van der Waals surface area contributed by atoms with Gasteiger partial charge in [-0.05, 0) is 18.0 Å². The van der Waals surface area contributed by atoms with Crippen molar-refractivity contribution in [2.75, 3.05) is 25.0 Å². The summed E-state index contributed by atoms with van der Waals surface area (Å²) in [6, 6.07) is 0. The highest BCUT2D eigenvalue weighted by atomic mass is 35.5. The van der Waals surface area contributed by atoms with Gasteiger partial charge in [0.2, 0.25) is 11.2 Å². The summed E-state index contributed by atoms with van der Waals surface area (Å²) in [6.07, 6.45) is 0.842. The van der Waals surface area contributed by atoms with Crippen molar-refractivity contribution in [3.63, 3.8) is 0 Å². The lowest BCUT2D eigenvalue weighted by Crippen LogP contribution is -2.37. The number of halogens is 2. The van der Waals surface area contributed by atoms with Gasteiger partial charge in [-0.15, -0.1) is 10.2 Å². The topological polar surface area (TPSA) is 71.0 Å². The number of hydrogen-bond donors (Lipinski definition) is 1. The summed E-state index contributed by atoms with van der Waals surface area (Å²) in [5.41, 5.74) is 0. The Morgan fingerprint density at radius 3 is 2.71 bits per heavy atom. The lowest BCUT2D eigenvalue weighted by molar-refractivity contribution is -0.119. The molecule has 0 saturated carbocycles. The molecule has 0 spiro atoms. The van der Waals surface area contributed by atoms with Crippen molar-refractivity contribution >= 4 is 34.9 Å². The number of nitrogens with one attached hydrogen (secondary N) is 1. The first-order valence-corrected chi connectivity index (χ1v) is 5.85. The Morgan fingerprint density at radius 2 is 2.12 bits per heavy atom. The molecular formula is C9H13Cl2N5O. The van der Waals surface area contributed by atoms with E-state index in [4.69, 9.17) is 23.2 Å². The van der Waals surface area contributed by atoms with Gasteiger partial charge in [-0.1, -0.05) is 18.5 Å². The molecule has 0 saturated heterocycles. The average molecular weight is 278 g/mol. The number of nitrogens with zero attached hydrogens (tertiary/aromatic N) is 4. The minimum atomic E-state index is -0.135. The van der Waals surface area contributed by atoms with Gasteiger partial charge >= 0.3 is 0 Å². The van der Waals surface area contributed by atoms with Crippen molar-refractivity contribution in [3.05, 3.63) is 10.4 Å². The van der Waals surface area contributed by atoms with E-state index in [1.165, 1.54) is 0 Å². The third-order valence-electron chi connectivity index (χ3n) is 2.01. The van der Waals surface area contributed by atoms with E-state index >= 15 is 0 Å². The van der Waals surface area contributed by atoms with Crippen LogP contribution in [0.2, 0.25) is 10.4 Å². The van der Waals surface area contributed by atoms with Crippen LogP contribution < -0.4 is 10.2 Å². The zero-order chi connectivity index (χ0) is 12.8. The van der Waals surface area contributed by atoms with E-state index in [-0.39, 0.29) is 22.9 Å². The maximum atomic E-state index is 11.4. The Balaban J connectivity index is 2.95. The van der Waals surface area contributed by atoms with Crippen LogP contribution in [0.1, 0.15) is 13.3 Å². The first kappa shape index (κ1) is 13.9. The van der Waals surface area contributed by atoms with Crippen molar-refractivity contribution in [2.45, 2.75) is 13.3 Å². The molecule has 6 nitrogen and oxygen atoms in total. The first-order valence-electron chi connectivity index (χ1n) is 5.09. The van der Waals surface area contributed by atoms with Gasteiger partial charge in [0.25, 0.3) is 0 Å². The third-order valence-corrected chi connectivity index (χ3v) is 2.41. The second-order valence-electron chi connectivity index (χ2n) is 3.29. The monoisotopic (exact) mass is 277 g/mol. The summed E-state index contributed by atoms with van der Waals surface area (Å²) in [4.78, 5) is 17.1. The quantitative estimate of drug-likeness (QED) is 0.874. The standard InChI is InChI=1S/C9H13Cl2N5O/c1-3-4-16(5-6(17)12-2)8-7(10)14-15-9(11)13-8/h3-5H2,1-2H3,(H,12,17). The van der Waals surface area contributed by atoms with Crippen molar-refractivity contribution in [3.8, 4) is 0 Å². The van der Waals surface area contributed by atoms with Gasteiger partial charge in [0.05, 0.1) is 6.54 Å². The van der Waals surface area contributed by atoms with Gasteiger partial charge in [-0.3, -0.25) is 4.79 Å². The van der Waals surface area contributed by atoms with E-state index in [1.807, 2.05) is 6.92 Å². The van der Waals surface area contributed by atoms with Crippen LogP contribution in [-0.4, -0.2) is 41.2 Å². The molecule has 1 N–H and O–H groups in total. The molecule has 0 aliphatic carbocycles. The molecule has 1 heterocycles. The molecule has 1 aromatic rings. The van der Waals surface area contributed by atoms with Gasteiger partial charge in [0.1, 0.15) is 0 Å². The molecule has 0 aromatic carbocycles. The van der Waals surface area contributed by atoms with Gasteiger partial charge < -0.3 is 10.2 Å². The Labute approximate surface area is 109 Å². The largest absolute Gasteiger partial charge is 0.358 e. The minimum absolute atomic E-state index is 0.00223. The fraction of sp³-hybridized carbons (Fsp3) is 0.556. The van der Waals surface area contributed by atoms with Crippen molar-refractivity contribution in [1.29, 1.82) is 0 Å². The highest BCUT2D eigenvalue weighted by molar-refractivity contribution is 6.32. The lowest BCUT2D eigenvalue weighted by atomic mass is 10.4. The summed E-state index contributed by atoms with van der Waals surface area (Å²) in [7, 11) is 1.57. The molecule has 1 rings (SSSR count). The average Bonchev–Trinajstić information content (AvgIpc) is 2.31. The highest BCUT2D eigenvalue weighted by Gasteiger charge is 2.16. The normalized spacial score (nSPS) is 10.1. The molecule has 1 aromatic heterocycles. The number of carbonyl (C=O) groups is 1. The molecule has 0 atom stereocenters. The smallest absolute Gasteiger partial charge is 0.245 e. The van der Waals surface area contributed by atoms with E-state index in [0.29, 0.717) is 12.4 Å². The predicted molar refractivity (Wildman–Crippen MR) is 66.4 cm³/mol. The number of amides is 1. The van der Waals surface area contributed by atoms with Crippen LogP contribution >= 0.6 is 23.2 Å². The molecule has 0 bridgehead atoms. The first-order chi connectivity index (χ1) is 8.08. The summed E-state index contributed by atoms with van der Waals surface area (Å²) in [5.74, 6) is 0.237. The second kappa shape index (κ2) is 6.56. The summed E-state index contributed by atoms with van der Waals surface area (Å²) < 4.78 is 0. The Hall–Kier alpha value is -1.14. The summed E-state index contributed by atoms with van der Waals surface area (Å²) in [6.45, 7) is 2.77. The van der Waals surface area contributed by atoms with Crippen LogP contribution in [0.25, 0.3) is 0 Å². The van der Waals surface area contributed by atoms with Crippen LogP contribution in [-0.2, 0) is 4.79 Å².